The number of nitrogens with zero attached hydrogens (tertiary/aromatic N) is 2. The first-order chi connectivity index (χ1) is 6.16. The Morgan fingerprint density at radius 2 is 2.46 bits per heavy atom. The molecule has 1 amide bonds. The fraction of sp³-hybridized carbons (Fsp3) is 0.300. The Morgan fingerprint density at radius 1 is 1.77 bits per heavy atom. The minimum absolute atomic E-state index is 0.0207. The summed E-state index contributed by atoms with van der Waals surface area (Å²) < 4.78 is 1.81. The van der Waals surface area contributed by atoms with Gasteiger partial charge < -0.3 is 9.47 Å². The molecule has 0 N–H and O–H groups in total. The first kappa shape index (κ1) is 9.58. The van der Waals surface area contributed by atoms with Gasteiger partial charge in [0, 0.05) is 26.8 Å². The highest BCUT2D eigenvalue weighted by Crippen LogP contribution is 2.03. The number of rotatable bonds is 3. The number of amides is 1. The molecule has 0 saturated carbocycles. The number of hydrogen-bond donors (Lipinski definition) is 0. The van der Waals surface area contributed by atoms with Gasteiger partial charge in [0.05, 0.1) is 0 Å². The maximum atomic E-state index is 11.7. The lowest BCUT2D eigenvalue weighted by Crippen LogP contribution is -2.28. The zero-order valence-corrected chi connectivity index (χ0v) is 8.03. The van der Waals surface area contributed by atoms with E-state index in [1.54, 1.807) is 18.0 Å². The molecule has 0 fully saturated rings. The van der Waals surface area contributed by atoms with Crippen molar-refractivity contribution in [3.8, 4) is 0 Å². The van der Waals surface area contributed by atoms with Gasteiger partial charge in [0.2, 0.25) is 0 Å². The fourth-order valence-corrected chi connectivity index (χ4v) is 1.16. The molecule has 0 unspecified atom stereocenters. The highest BCUT2D eigenvalue weighted by Gasteiger charge is 2.12. The molecule has 1 aromatic heterocycles. The first-order valence-corrected chi connectivity index (χ1v) is 4.14. The Morgan fingerprint density at radius 3 is 2.92 bits per heavy atom. The van der Waals surface area contributed by atoms with E-state index in [1.807, 2.05) is 29.9 Å². The molecule has 0 atom stereocenters. The van der Waals surface area contributed by atoms with Gasteiger partial charge in [0.15, 0.2) is 0 Å². The van der Waals surface area contributed by atoms with Crippen molar-refractivity contribution in [3.05, 3.63) is 36.7 Å². The maximum Gasteiger partial charge on any atom is 0.270 e. The minimum Gasteiger partial charge on any atom is -0.347 e. The molecule has 1 rings (SSSR count). The molecule has 1 heterocycles. The zero-order chi connectivity index (χ0) is 9.84. The number of aryl methyl sites for hydroxylation is 1. The Bertz CT molecular complexity index is 314. The van der Waals surface area contributed by atoms with Crippen molar-refractivity contribution in [3.63, 3.8) is 0 Å². The van der Waals surface area contributed by atoms with Gasteiger partial charge in [-0.05, 0) is 12.1 Å². The number of aromatic nitrogens is 1. The van der Waals surface area contributed by atoms with Gasteiger partial charge in [-0.1, -0.05) is 6.08 Å². The lowest BCUT2D eigenvalue weighted by molar-refractivity contribution is 0.0801. The molecule has 70 valence electrons. The van der Waals surface area contributed by atoms with Crippen molar-refractivity contribution in [2.75, 3.05) is 13.6 Å². The van der Waals surface area contributed by atoms with Crippen LogP contribution in [0.3, 0.4) is 0 Å². The van der Waals surface area contributed by atoms with Crippen molar-refractivity contribution in [2.45, 2.75) is 0 Å². The summed E-state index contributed by atoms with van der Waals surface area (Å²) in [6.07, 6.45) is 3.57. The number of carbonyl (C=O) groups excluding carboxylic acids is 1. The quantitative estimate of drug-likeness (QED) is 0.640. The van der Waals surface area contributed by atoms with Gasteiger partial charge in [-0.3, -0.25) is 4.79 Å². The van der Waals surface area contributed by atoms with Crippen LogP contribution in [0.25, 0.3) is 0 Å². The lowest BCUT2D eigenvalue weighted by Gasteiger charge is -2.14. The van der Waals surface area contributed by atoms with Crippen molar-refractivity contribution < 1.29 is 4.79 Å². The van der Waals surface area contributed by atoms with Crippen LogP contribution in [0, 0.1) is 0 Å². The predicted molar refractivity (Wildman–Crippen MR) is 52.6 cm³/mol. The van der Waals surface area contributed by atoms with Crippen LogP contribution in [0.4, 0.5) is 0 Å². The molecule has 0 aliphatic heterocycles. The summed E-state index contributed by atoms with van der Waals surface area (Å²) >= 11 is 0. The van der Waals surface area contributed by atoms with E-state index >= 15 is 0 Å². The van der Waals surface area contributed by atoms with Crippen LogP contribution >= 0.6 is 0 Å². The van der Waals surface area contributed by atoms with E-state index in [4.69, 9.17) is 0 Å². The fourth-order valence-electron chi connectivity index (χ4n) is 1.16. The van der Waals surface area contributed by atoms with E-state index in [1.165, 1.54) is 0 Å². The van der Waals surface area contributed by atoms with Crippen LogP contribution in [0.2, 0.25) is 0 Å². The summed E-state index contributed by atoms with van der Waals surface area (Å²) in [5.74, 6) is 0.0207. The molecule has 0 aromatic carbocycles. The molecule has 13 heavy (non-hydrogen) atoms. The first-order valence-electron chi connectivity index (χ1n) is 4.14. The Kier molecular flexibility index (Phi) is 2.90. The molecule has 1 aromatic rings. The van der Waals surface area contributed by atoms with Crippen LogP contribution in [0.15, 0.2) is 31.0 Å². The topological polar surface area (TPSA) is 25.2 Å². The molecule has 3 nitrogen and oxygen atoms in total. The average Bonchev–Trinajstić information content (AvgIpc) is 2.50. The standard InChI is InChI=1S/C10H14N2O/c1-4-7-12(3)10(13)9-6-5-8-11(9)2/h4-6,8H,1,7H2,2-3H3. The van der Waals surface area contributed by atoms with E-state index in [9.17, 15) is 4.79 Å². The third kappa shape index (κ3) is 1.99. The second-order valence-electron chi connectivity index (χ2n) is 2.98. The second-order valence-corrected chi connectivity index (χ2v) is 2.98. The molecule has 3 heteroatoms. The Labute approximate surface area is 78.3 Å². The van der Waals surface area contributed by atoms with Gasteiger partial charge in [0.1, 0.15) is 5.69 Å². The van der Waals surface area contributed by atoms with Crippen molar-refractivity contribution in [2.24, 2.45) is 7.05 Å². The van der Waals surface area contributed by atoms with Crippen LogP contribution in [-0.4, -0.2) is 29.0 Å². The van der Waals surface area contributed by atoms with Gasteiger partial charge >= 0.3 is 0 Å². The van der Waals surface area contributed by atoms with Crippen molar-refractivity contribution in [1.82, 2.24) is 9.47 Å². The summed E-state index contributed by atoms with van der Waals surface area (Å²) in [6.45, 7) is 4.16. The van der Waals surface area contributed by atoms with E-state index in [2.05, 4.69) is 6.58 Å². The number of hydrogen-bond acceptors (Lipinski definition) is 1. The van der Waals surface area contributed by atoms with Crippen molar-refractivity contribution >= 4 is 5.91 Å². The predicted octanol–water partition coefficient (Wildman–Crippen LogP) is 1.28. The van der Waals surface area contributed by atoms with Crippen LogP contribution in [0.5, 0.6) is 0 Å². The summed E-state index contributed by atoms with van der Waals surface area (Å²) in [5.41, 5.74) is 0.698. The van der Waals surface area contributed by atoms with Crippen LogP contribution in [-0.2, 0) is 7.05 Å². The van der Waals surface area contributed by atoms with Crippen LogP contribution < -0.4 is 0 Å². The maximum absolute atomic E-state index is 11.7. The van der Waals surface area contributed by atoms with E-state index in [-0.39, 0.29) is 5.91 Å². The Balaban J connectivity index is 2.79. The monoisotopic (exact) mass is 178 g/mol. The molecule has 0 spiro atoms. The molecular weight excluding hydrogens is 164 g/mol. The molecule has 0 aliphatic carbocycles. The number of carbonyl (C=O) groups is 1. The summed E-state index contributed by atoms with van der Waals surface area (Å²) in [6, 6.07) is 3.66. The summed E-state index contributed by atoms with van der Waals surface area (Å²) in [4.78, 5) is 13.3. The molecule has 0 aliphatic rings. The largest absolute Gasteiger partial charge is 0.347 e. The second kappa shape index (κ2) is 3.94. The molecule has 0 radical (unpaired) electrons. The van der Waals surface area contributed by atoms with Gasteiger partial charge in [0.25, 0.3) is 5.91 Å². The minimum atomic E-state index is 0.0207. The summed E-state index contributed by atoms with van der Waals surface area (Å²) in [7, 11) is 3.62. The normalized spacial score (nSPS) is 9.69. The lowest BCUT2D eigenvalue weighted by atomic mass is 10.3. The number of likely N-dealkylation sites (N-methyl/N-ethyl adjacent to an activating group) is 1. The highest BCUT2D eigenvalue weighted by molar-refractivity contribution is 5.92. The van der Waals surface area contributed by atoms with Gasteiger partial charge in [-0.15, -0.1) is 6.58 Å². The molecule has 0 saturated heterocycles. The third-order valence-electron chi connectivity index (χ3n) is 1.91. The van der Waals surface area contributed by atoms with E-state index in [0.29, 0.717) is 12.2 Å². The highest BCUT2D eigenvalue weighted by atomic mass is 16.2. The van der Waals surface area contributed by atoms with E-state index < -0.39 is 0 Å². The van der Waals surface area contributed by atoms with Crippen molar-refractivity contribution in [1.29, 1.82) is 0 Å². The Hall–Kier alpha value is -1.51. The van der Waals surface area contributed by atoms with Gasteiger partial charge in [-0.2, -0.15) is 0 Å². The summed E-state index contributed by atoms with van der Waals surface area (Å²) in [5, 5.41) is 0. The molecule has 0 bridgehead atoms. The smallest absolute Gasteiger partial charge is 0.270 e. The average molecular weight is 178 g/mol. The van der Waals surface area contributed by atoms with Crippen LogP contribution in [0.1, 0.15) is 10.5 Å². The zero-order valence-electron chi connectivity index (χ0n) is 8.03. The SMILES string of the molecule is C=CCN(C)C(=O)c1cccn1C. The third-order valence-corrected chi connectivity index (χ3v) is 1.91. The van der Waals surface area contributed by atoms with E-state index in [0.717, 1.165) is 0 Å². The molecular formula is C10H14N2O. The van der Waals surface area contributed by atoms with Gasteiger partial charge in [-0.25, -0.2) is 0 Å².